The molecule has 0 aliphatic carbocycles. The molecular weight excluding hydrogens is 369 g/mol. The minimum absolute atomic E-state index is 0.0936. The molecule has 1 unspecified atom stereocenters. The first kappa shape index (κ1) is 19.8. The lowest BCUT2D eigenvalue weighted by Crippen LogP contribution is -2.17. The van der Waals surface area contributed by atoms with Crippen LogP contribution in [-0.4, -0.2) is 45.8 Å². The van der Waals surface area contributed by atoms with E-state index in [4.69, 9.17) is 9.47 Å². The number of hydrogen-bond acceptors (Lipinski definition) is 6. The Hall–Kier alpha value is -1.93. The standard InChI is InChI=1S/C19H24FN3O3S/c1-2-3-10-26-17(24)13-27-19-22-21-18(14-6-8-15(20)9-7-14)23(19)12-16-5-4-11-25-16/h6-9,16H,2-5,10-13H2,1H3. The quantitative estimate of drug-likeness (QED) is 0.368. The molecule has 0 spiro atoms. The van der Waals surface area contributed by atoms with Crippen molar-refractivity contribution in [3.05, 3.63) is 30.1 Å². The molecule has 6 nitrogen and oxygen atoms in total. The zero-order valence-electron chi connectivity index (χ0n) is 15.4. The number of nitrogens with zero attached hydrogens (tertiary/aromatic N) is 3. The highest BCUT2D eigenvalue weighted by atomic mass is 32.2. The molecular formula is C19H24FN3O3S. The summed E-state index contributed by atoms with van der Waals surface area (Å²) < 4.78 is 26.1. The van der Waals surface area contributed by atoms with E-state index < -0.39 is 0 Å². The smallest absolute Gasteiger partial charge is 0.316 e. The van der Waals surface area contributed by atoms with E-state index in [9.17, 15) is 9.18 Å². The fourth-order valence-corrected chi connectivity index (χ4v) is 3.61. The van der Waals surface area contributed by atoms with E-state index in [0.29, 0.717) is 24.1 Å². The molecule has 27 heavy (non-hydrogen) atoms. The highest BCUT2D eigenvalue weighted by molar-refractivity contribution is 7.99. The number of ether oxygens (including phenoxy) is 2. The lowest BCUT2D eigenvalue weighted by Gasteiger charge is -2.14. The topological polar surface area (TPSA) is 66.2 Å². The molecule has 2 aromatic rings. The summed E-state index contributed by atoms with van der Waals surface area (Å²) >= 11 is 1.30. The van der Waals surface area contributed by atoms with E-state index in [1.807, 2.05) is 11.5 Å². The SMILES string of the molecule is CCCCOC(=O)CSc1nnc(-c2ccc(F)cc2)n1CC1CCCO1. The fourth-order valence-electron chi connectivity index (χ4n) is 2.86. The molecule has 1 aliphatic heterocycles. The van der Waals surface area contributed by atoms with Gasteiger partial charge in [-0.25, -0.2) is 4.39 Å². The summed E-state index contributed by atoms with van der Waals surface area (Å²) in [6.45, 7) is 3.85. The van der Waals surface area contributed by atoms with E-state index in [0.717, 1.165) is 37.9 Å². The summed E-state index contributed by atoms with van der Waals surface area (Å²) in [7, 11) is 0. The van der Waals surface area contributed by atoms with Gasteiger partial charge in [-0.05, 0) is 43.5 Å². The van der Waals surface area contributed by atoms with Gasteiger partial charge >= 0.3 is 5.97 Å². The van der Waals surface area contributed by atoms with Crippen LogP contribution in [0.15, 0.2) is 29.4 Å². The van der Waals surface area contributed by atoms with Crippen LogP contribution in [0.1, 0.15) is 32.6 Å². The number of hydrogen-bond donors (Lipinski definition) is 0. The third kappa shape index (κ3) is 5.52. The molecule has 2 heterocycles. The highest BCUT2D eigenvalue weighted by Gasteiger charge is 2.22. The number of esters is 1. The molecule has 0 N–H and O–H groups in total. The minimum atomic E-state index is -0.298. The Morgan fingerprint density at radius 3 is 2.89 bits per heavy atom. The average Bonchev–Trinajstić information content (AvgIpc) is 3.32. The van der Waals surface area contributed by atoms with Crippen molar-refractivity contribution >= 4 is 17.7 Å². The highest BCUT2D eigenvalue weighted by Crippen LogP contribution is 2.26. The van der Waals surface area contributed by atoms with Gasteiger partial charge in [0.2, 0.25) is 0 Å². The average molecular weight is 393 g/mol. The summed E-state index contributed by atoms with van der Waals surface area (Å²) in [5, 5.41) is 9.15. The molecule has 1 saturated heterocycles. The monoisotopic (exact) mass is 393 g/mol. The van der Waals surface area contributed by atoms with Crippen molar-refractivity contribution in [3.63, 3.8) is 0 Å². The Morgan fingerprint density at radius 1 is 1.37 bits per heavy atom. The van der Waals surface area contributed by atoms with Gasteiger partial charge in [-0.2, -0.15) is 0 Å². The zero-order chi connectivity index (χ0) is 19.1. The van der Waals surface area contributed by atoms with Crippen molar-refractivity contribution in [2.45, 2.75) is 50.4 Å². The molecule has 1 aromatic heterocycles. The number of thioether (sulfide) groups is 1. The molecule has 3 rings (SSSR count). The second-order valence-electron chi connectivity index (χ2n) is 6.42. The van der Waals surface area contributed by atoms with E-state index in [1.54, 1.807) is 12.1 Å². The molecule has 1 atom stereocenters. The number of unbranched alkanes of at least 4 members (excludes halogenated alkanes) is 1. The van der Waals surface area contributed by atoms with Gasteiger partial charge in [0.25, 0.3) is 0 Å². The van der Waals surface area contributed by atoms with Gasteiger partial charge in [-0.1, -0.05) is 25.1 Å². The molecule has 0 radical (unpaired) electrons. The Labute approximate surface area is 162 Å². The summed E-state index contributed by atoms with van der Waals surface area (Å²) in [5.74, 6) is 0.265. The third-order valence-corrected chi connectivity index (χ3v) is 5.25. The summed E-state index contributed by atoms with van der Waals surface area (Å²) in [5.41, 5.74) is 0.777. The van der Waals surface area contributed by atoms with Crippen LogP contribution in [0.4, 0.5) is 4.39 Å². The van der Waals surface area contributed by atoms with Gasteiger partial charge in [0.05, 0.1) is 25.0 Å². The number of carbonyl (C=O) groups is 1. The van der Waals surface area contributed by atoms with Crippen molar-refractivity contribution in [1.29, 1.82) is 0 Å². The number of benzene rings is 1. The third-order valence-electron chi connectivity index (χ3n) is 4.31. The van der Waals surface area contributed by atoms with E-state index >= 15 is 0 Å². The van der Waals surface area contributed by atoms with Crippen LogP contribution in [0, 0.1) is 5.82 Å². The predicted molar refractivity (Wildman–Crippen MR) is 101 cm³/mol. The first-order chi connectivity index (χ1) is 13.2. The fraction of sp³-hybridized carbons (Fsp3) is 0.526. The van der Waals surface area contributed by atoms with Crippen LogP contribution in [-0.2, 0) is 20.8 Å². The Kier molecular flexibility index (Phi) is 7.23. The van der Waals surface area contributed by atoms with Gasteiger partial charge in [-0.15, -0.1) is 10.2 Å². The van der Waals surface area contributed by atoms with Crippen LogP contribution >= 0.6 is 11.8 Å². The van der Waals surface area contributed by atoms with Crippen molar-refractivity contribution in [2.24, 2.45) is 0 Å². The number of carbonyl (C=O) groups excluding carboxylic acids is 1. The van der Waals surface area contributed by atoms with Crippen LogP contribution in [0.5, 0.6) is 0 Å². The van der Waals surface area contributed by atoms with Crippen molar-refractivity contribution in [1.82, 2.24) is 14.8 Å². The molecule has 0 amide bonds. The van der Waals surface area contributed by atoms with Crippen molar-refractivity contribution < 1.29 is 18.7 Å². The Balaban J connectivity index is 1.74. The molecule has 146 valence electrons. The van der Waals surface area contributed by atoms with Gasteiger partial charge < -0.3 is 9.47 Å². The predicted octanol–water partition coefficient (Wildman–Crippen LogP) is 3.70. The van der Waals surface area contributed by atoms with Crippen molar-refractivity contribution in [3.8, 4) is 11.4 Å². The summed E-state index contributed by atoms with van der Waals surface area (Å²) in [6.07, 6.45) is 3.95. The summed E-state index contributed by atoms with van der Waals surface area (Å²) in [4.78, 5) is 11.9. The largest absolute Gasteiger partial charge is 0.465 e. The lowest BCUT2D eigenvalue weighted by molar-refractivity contribution is -0.140. The first-order valence-corrected chi connectivity index (χ1v) is 10.2. The summed E-state index contributed by atoms with van der Waals surface area (Å²) in [6, 6.07) is 6.16. The van der Waals surface area contributed by atoms with E-state index in [2.05, 4.69) is 10.2 Å². The van der Waals surface area contributed by atoms with Crippen LogP contribution in [0.3, 0.4) is 0 Å². The van der Waals surface area contributed by atoms with Gasteiger partial charge in [0.15, 0.2) is 11.0 Å². The normalized spacial score (nSPS) is 16.6. The zero-order valence-corrected chi connectivity index (χ0v) is 16.2. The Bertz CT molecular complexity index is 745. The first-order valence-electron chi connectivity index (χ1n) is 9.26. The van der Waals surface area contributed by atoms with E-state index in [1.165, 1.54) is 23.9 Å². The number of rotatable bonds is 9. The maximum absolute atomic E-state index is 13.3. The molecule has 0 bridgehead atoms. The van der Waals surface area contributed by atoms with Gasteiger partial charge in [-0.3, -0.25) is 9.36 Å². The lowest BCUT2D eigenvalue weighted by atomic mass is 10.2. The molecule has 1 fully saturated rings. The maximum atomic E-state index is 13.3. The van der Waals surface area contributed by atoms with Crippen LogP contribution in [0.2, 0.25) is 0 Å². The van der Waals surface area contributed by atoms with Gasteiger partial charge in [0, 0.05) is 12.2 Å². The molecule has 0 saturated carbocycles. The maximum Gasteiger partial charge on any atom is 0.316 e. The second-order valence-corrected chi connectivity index (χ2v) is 7.36. The molecule has 8 heteroatoms. The Morgan fingerprint density at radius 2 is 2.19 bits per heavy atom. The minimum Gasteiger partial charge on any atom is -0.465 e. The molecule has 1 aromatic carbocycles. The second kappa shape index (κ2) is 9.85. The van der Waals surface area contributed by atoms with Crippen molar-refractivity contribution in [2.75, 3.05) is 19.0 Å². The van der Waals surface area contributed by atoms with E-state index in [-0.39, 0.29) is 23.6 Å². The molecule has 1 aliphatic rings. The van der Waals surface area contributed by atoms with Gasteiger partial charge in [0.1, 0.15) is 5.82 Å². The number of aromatic nitrogens is 3. The van der Waals surface area contributed by atoms with Crippen LogP contribution in [0.25, 0.3) is 11.4 Å². The van der Waals surface area contributed by atoms with Crippen LogP contribution < -0.4 is 0 Å². The number of halogens is 1.